The van der Waals surface area contributed by atoms with E-state index in [4.69, 9.17) is 5.21 Å². The second-order valence-corrected chi connectivity index (χ2v) is 7.71. The highest BCUT2D eigenvalue weighted by molar-refractivity contribution is 5.90. The number of carbonyl (C=O) groups excluding carboxylic acids is 1. The lowest BCUT2D eigenvalue weighted by atomic mass is 9.87. The normalized spacial score (nSPS) is 19.2. The van der Waals surface area contributed by atoms with E-state index in [1.807, 2.05) is 0 Å². The molecule has 2 fully saturated rings. The molecule has 1 aliphatic heterocycles. The molecule has 7 nitrogen and oxygen atoms in total. The molecule has 2 aliphatic rings. The first-order valence-electron chi connectivity index (χ1n) is 10.2. The molecule has 1 saturated carbocycles. The number of rotatable bonds is 7. The van der Waals surface area contributed by atoms with E-state index in [-0.39, 0.29) is 49.6 Å². The van der Waals surface area contributed by atoms with Gasteiger partial charge in [0.1, 0.15) is 5.82 Å². The molecule has 1 aromatic rings. The molecule has 180 valence electrons. The van der Waals surface area contributed by atoms with Gasteiger partial charge in [-0.05, 0) is 44.3 Å². The average molecular weight is 519 g/mol. The minimum absolute atomic E-state index is 0. The Hall–Kier alpha value is -0.830. The zero-order valence-corrected chi connectivity index (χ0v) is 20.8. The molecule has 1 saturated heterocycles. The largest absolute Gasteiger partial charge is 0.365 e. The minimum atomic E-state index is -0.588. The minimum Gasteiger partial charge on any atom is -0.365 e. The maximum absolute atomic E-state index is 11.0. The summed E-state index contributed by atoms with van der Waals surface area (Å²) in [5.41, 5.74) is 2.12. The topological polar surface area (TPSA) is 90.4 Å². The van der Waals surface area contributed by atoms with Gasteiger partial charge in [0.05, 0.1) is 18.1 Å². The lowest BCUT2D eigenvalue weighted by Crippen LogP contribution is -2.43. The van der Waals surface area contributed by atoms with Gasteiger partial charge in [-0.3, -0.25) is 15.0 Å². The molecule has 0 radical (unpaired) electrons. The second kappa shape index (κ2) is 17.7. The van der Waals surface area contributed by atoms with Crippen LogP contribution in [0.25, 0.3) is 6.08 Å². The van der Waals surface area contributed by atoms with Gasteiger partial charge in [-0.25, -0.2) is 10.5 Å². The summed E-state index contributed by atoms with van der Waals surface area (Å²) in [7, 11) is 0. The molecular weight excluding hydrogens is 484 g/mol. The summed E-state index contributed by atoms with van der Waals surface area (Å²) in [5, 5.41) is 12.0. The summed E-state index contributed by atoms with van der Waals surface area (Å²) in [6.07, 6.45) is 16.9. The van der Waals surface area contributed by atoms with Crippen LogP contribution < -0.4 is 10.8 Å². The second-order valence-electron chi connectivity index (χ2n) is 7.71. The van der Waals surface area contributed by atoms with Crippen LogP contribution in [0.1, 0.15) is 57.1 Å². The number of hydrogen-bond acceptors (Lipinski definition) is 6. The fourth-order valence-electron chi connectivity index (χ4n) is 4.12. The van der Waals surface area contributed by atoms with E-state index in [9.17, 15) is 4.79 Å². The molecule has 0 aromatic carbocycles. The molecule has 1 aromatic heterocycles. The molecule has 0 spiro atoms. The Morgan fingerprint density at radius 1 is 1.06 bits per heavy atom. The van der Waals surface area contributed by atoms with Crippen molar-refractivity contribution in [2.24, 2.45) is 5.92 Å². The molecule has 1 amide bonds. The fourth-order valence-corrected chi connectivity index (χ4v) is 4.12. The Morgan fingerprint density at radius 3 is 2.45 bits per heavy atom. The SMILES string of the molecule is Cl.Cl.Cl.Cl.O=C(C=Cc1cnc(N[C@@H]2CCCN(CCC3CCCCC3)C2)cn1)NO. The number of piperidine rings is 1. The first kappa shape index (κ1) is 32.4. The van der Waals surface area contributed by atoms with Crippen LogP contribution in [0.4, 0.5) is 5.82 Å². The monoisotopic (exact) mass is 517 g/mol. The number of aromatic nitrogens is 2. The number of likely N-dealkylation sites (tertiary alicyclic amines) is 1. The van der Waals surface area contributed by atoms with Crippen LogP contribution in [0.15, 0.2) is 18.5 Å². The van der Waals surface area contributed by atoms with Gasteiger partial charge in [0.15, 0.2) is 0 Å². The molecule has 2 heterocycles. The zero-order valence-electron chi connectivity index (χ0n) is 17.6. The molecule has 31 heavy (non-hydrogen) atoms. The highest BCUT2D eigenvalue weighted by atomic mass is 35.5. The molecule has 3 rings (SSSR count). The third-order valence-electron chi connectivity index (χ3n) is 5.62. The van der Waals surface area contributed by atoms with Gasteiger partial charge in [-0.2, -0.15) is 0 Å². The van der Waals surface area contributed by atoms with Crippen molar-refractivity contribution in [1.29, 1.82) is 0 Å². The van der Waals surface area contributed by atoms with Gasteiger partial charge >= 0.3 is 0 Å². The summed E-state index contributed by atoms with van der Waals surface area (Å²) in [4.78, 5) is 22.2. The molecule has 3 N–H and O–H groups in total. The van der Waals surface area contributed by atoms with Crippen molar-refractivity contribution in [3.8, 4) is 0 Å². The summed E-state index contributed by atoms with van der Waals surface area (Å²) < 4.78 is 0. The fraction of sp³-hybridized carbons (Fsp3) is 0.650. The standard InChI is InChI=1S/C20H31N5O2.4ClH/c26-20(24-27)9-8-17-13-22-19(14-21-17)23-18-7-4-11-25(15-18)12-10-16-5-2-1-3-6-16;;;;/h8-9,13-14,16,18,27H,1-7,10-12,15H2,(H,22,23)(H,24,26);4*1H/t18-;;;;/m1..../s1. The highest BCUT2D eigenvalue weighted by Crippen LogP contribution is 2.27. The number of hydrogen-bond donors (Lipinski definition) is 3. The quantitative estimate of drug-likeness (QED) is 0.279. The summed E-state index contributed by atoms with van der Waals surface area (Å²) in [6.45, 7) is 3.48. The van der Waals surface area contributed by atoms with E-state index in [0.717, 1.165) is 24.7 Å². The predicted octanol–water partition coefficient (Wildman–Crippen LogP) is 4.53. The lowest BCUT2D eigenvalue weighted by Gasteiger charge is -2.34. The molecule has 0 unspecified atom stereocenters. The van der Waals surface area contributed by atoms with Crippen LogP contribution in [0.3, 0.4) is 0 Å². The first-order chi connectivity index (χ1) is 13.2. The average Bonchev–Trinajstić information content (AvgIpc) is 2.72. The third-order valence-corrected chi connectivity index (χ3v) is 5.62. The number of halogens is 4. The number of nitrogens with zero attached hydrogens (tertiary/aromatic N) is 3. The van der Waals surface area contributed by atoms with Crippen molar-refractivity contribution in [3.63, 3.8) is 0 Å². The Balaban J connectivity index is 0. The Morgan fingerprint density at radius 2 is 1.81 bits per heavy atom. The van der Waals surface area contributed by atoms with E-state index >= 15 is 0 Å². The van der Waals surface area contributed by atoms with E-state index in [1.54, 1.807) is 17.9 Å². The van der Waals surface area contributed by atoms with Crippen molar-refractivity contribution < 1.29 is 10.0 Å². The molecule has 1 aliphatic carbocycles. The van der Waals surface area contributed by atoms with Crippen molar-refractivity contribution in [2.45, 2.75) is 57.4 Å². The van der Waals surface area contributed by atoms with E-state index in [2.05, 4.69) is 20.2 Å². The van der Waals surface area contributed by atoms with Gasteiger partial charge in [0, 0.05) is 18.7 Å². The number of amides is 1. The van der Waals surface area contributed by atoms with E-state index in [1.165, 1.54) is 70.2 Å². The molecular formula is C20H35Cl4N5O2. The van der Waals surface area contributed by atoms with Gasteiger partial charge < -0.3 is 10.2 Å². The van der Waals surface area contributed by atoms with Crippen LogP contribution in [0, 0.1) is 5.92 Å². The van der Waals surface area contributed by atoms with Crippen molar-refractivity contribution in [2.75, 3.05) is 25.0 Å². The van der Waals surface area contributed by atoms with Crippen molar-refractivity contribution >= 4 is 67.4 Å². The summed E-state index contributed by atoms with van der Waals surface area (Å²) in [6, 6.07) is 0.404. The Kier molecular flexibility index (Phi) is 18.5. The van der Waals surface area contributed by atoms with Crippen LogP contribution in [-0.4, -0.2) is 51.7 Å². The summed E-state index contributed by atoms with van der Waals surface area (Å²) in [5.74, 6) is 1.11. The Bertz CT molecular complexity index is 631. The maximum Gasteiger partial charge on any atom is 0.267 e. The molecule has 1 atom stereocenters. The highest BCUT2D eigenvalue weighted by Gasteiger charge is 2.21. The van der Waals surface area contributed by atoms with E-state index < -0.39 is 5.91 Å². The number of hydroxylamine groups is 1. The van der Waals surface area contributed by atoms with Gasteiger partial charge in [-0.1, -0.05) is 32.1 Å². The number of nitrogens with one attached hydrogen (secondary N) is 2. The van der Waals surface area contributed by atoms with Gasteiger partial charge in [0.25, 0.3) is 5.91 Å². The molecule has 0 bridgehead atoms. The summed E-state index contributed by atoms with van der Waals surface area (Å²) >= 11 is 0. The van der Waals surface area contributed by atoms with Crippen LogP contribution in [-0.2, 0) is 4.79 Å². The van der Waals surface area contributed by atoms with Crippen LogP contribution in [0.5, 0.6) is 0 Å². The number of carbonyl (C=O) groups is 1. The number of anilines is 1. The van der Waals surface area contributed by atoms with E-state index in [0.29, 0.717) is 11.7 Å². The van der Waals surface area contributed by atoms with Gasteiger partial charge in [0.2, 0.25) is 0 Å². The van der Waals surface area contributed by atoms with Crippen LogP contribution in [0.2, 0.25) is 0 Å². The zero-order chi connectivity index (χ0) is 18.9. The van der Waals surface area contributed by atoms with Crippen molar-refractivity contribution in [3.05, 3.63) is 24.2 Å². The Labute approximate surface area is 209 Å². The lowest BCUT2D eigenvalue weighted by molar-refractivity contribution is -0.124. The predicted molar refractivity (Wildman–Crippen MR) is 134 cm³/mol. The maximum atomic E-state index is 11.0. The molecule has 11 heteroatoms. The first-order valence-corrected chi connectivity index (χ1v) is 10.2. The van der Waals surface area contributed by atoms with Crippen molar-refractivity contribution in [1.82, 2.24) is 20.3 Å². The third kappa shape index (κ3) is 11.6. The smallest absolute Gasteiger partial charge is 0.267 e. The van der Waals surface area contributed by atoms with Gasteiger partial charge in [-0.15, -0.1) is 49.6 Å². The van der Waals surface area contributed by atoms with Crippen LogP contribution >= 0.6 is 49.6 Å².